The second kappa shape index (κ2) is 13.6. The molecule has 11 heteroatoms. The number of aromatic nitrogens is 5. The first kappa shape index (κ1) is 37.5. The van der Waals surface area contributed by atoms with Crippen molar-refractivity contribution in [2.45, 2.75) is 117 Å². The lowest BCUT2D eigenvalue weighted by Gasteiger charge is -2.31. The number of imidazole rings is 2. The molecule has 2 aliphatic rings. The summed E-state index contributed by atoms with van der Waals surface area (Å²) >= 11 is 0. The van der Waals surface area contributed by atoms with Gasteiger partial charge in [-0.25, -0.2) is 24.5 Å². The number of likely N-dealkylation sites (tertiary alicyclic amines) is 2. The Balaban J connectivity index is 1.03. The Hall–Kier alpha value is -5.45. The number of benzene rings is 3. The fourth-order valence-electron chi connectivity index (χ4n) is 8.32. The van der Waals surface area contributed by atoms with Crippen molar-refractivity contribution < 1.29 is 19.1 Å². The smallest absolute Gasteiger partial charge is 0.411 e. The number of hydrogen-bond acceptors (Lipinski definition) is 7. The normalized spacial score (nSPS) is 23.1. The van der Waals surface area contributed by atoms with Gasteiger partial charge in [-0.05, 0) is 134 Å². The van der Waals surface area contributed by atoms with Crippen LogP contribution in [0.2, 0.25) is 0 Å². The lowest BCUT2D eigenvalue weighted by molar-refractivity contribution is 0.0130. The summed E-state index contributed by atoms with van der Waals surface area (Å²) in [5.41, 5.74) is 7.26. The molecule has 0 saturated carbocycles. The predicted octanol–water partition coefficient (Wildman–Crippen LogP) is 10.7. The number of carbonyl (C=O) groups excluding carboxylic acids is 2. The van der Waals surface area contributed by atoms with Crippen LogP contribution in [-0.2, 0) is 9.47 Å². The van der Waals surface area contributed by atoms with Crippen molar-refractivity contribution in [1.29, 1.82) is 0 Å². The van der Waals surface area contributed by atoms with Gasteiger partial charge in [-0.15, -0.1) is 0 Å². The number of amides is 2. The summed E-state index contributed by atoms with van der Waals surface area (Å²) in [6.07, 6.45) is 1.02. The number of nitrogens with zero attached hydrogens (tertiary/aromatic N) is 5. The number of pyridine rings is 1. The molecular formula is C45H53N7O4. The van der Waals surface area contributed by atoms with Crippen LogP contribution in [0.3, 0.4) is 0 Å². The van der Waals surface area contributed by atoms with Crippen LogP contribution in [0, 0.1) is 11.8 Å². The number of fused-ring (bicyclic) bond motifs is 3. The number of rotatable bonds is 4. The Morgan fingerprint density at radius 3 is 1.54 bits per heavy atom. The summed E-state index contributed by atoms with van der Waals surface area (Å²) in [7, 11) is 0. The van der Waals surface area contributed by atoms with Crippen molar-refractivity contribution in [3.63, 3.8) is 0 Å². The maximum atomic E-state index is 13.3. The Kier molecular flexibility index (Phi) is 9.12. The Morgan fingerprint density at radius 2 is 1.04 bits per heavy atom. The van der Waals surface area contributed by atoms with E-state index in [2.05, 4.69) is 92.3 Å². The van der Waals surface area contributed by atoms with Gasteiger partial charge in [0.15, 0.2) is 0 Å². The van der Waals surface area contributed by atoms with Crippen LogP contribution in [-0.4, -0.2) is 70.2 Å². The van der Waals surface area contributed by atoms with E-state index in [4.69, 9.17) is 24.4 Å². The number of aromatic amines is 2. The zero-order chi connectivity index (χ0) is 39.8. The highest BCUT2D eigenvalue weighted by molar-refractivity contribution is 5.90. The minimum Gasteiger partial charge on any atom is -0.444 e. The third-order valence-corrected chi connectivity index (χ3v) is 11.5. The van der Waals surface area contributed by atoms with Gasteiger partial charge in [0.2, 0.25) is 0 Å². The van der Waals surface area contributed by atoms with Gasteiger partial charge in [0, 0.05) is 23.0 Å². The molecule has 6 aromatic rings. The first-order valence-corrected chi connectivity index (χ1v) is 19.9. The highest BCUT2D eigenvalue weighted by atomic mass is 16.6. The largest absolute Gasteiger partial charge is 0.444 e. The van der Waals surface area contributed by atoms with E-state index in [0.717, 1.165) is 79.8 Å². The van der Waals surface area contributed by atoms with Crippen molar-refractivity contribution in [1.82, 2.24) is 34.7 Å². The molecule has 2 fully saturated rings. The molecule has 0 spiro atoms. The SMILES string of the molecule is C[C@@H]1C[C@@H](c2nc3ccc(-c4ccc5nc(-c6ccc7nc([C@@H]8C[C@@H](C)[C@@H](C)N8C(=O)OC(C)(C)C)[nH]c7c6)ccc5c4)cc3[nH]2)N(C(=O)OC(C)(C)C)[C@@H]1C. The standard InChI is InChI=1S/C45H53N7O4/c1-24-19-38(51(26(24)3)42(53)55-44(5,6)7)40-47-34-17-12-29(22-36(34)49-40)28-11-15-32-30(21-28)13-16-33(46-32)31-14-18-35-37(23-31)50-41(48-35)39-20-25(2)27(4)52(39)43(54)56-45(8,9)10/h11-18,21-27,38-39H,19-20H2,1-10H3,(H,47,49)(H,48,50)/t24-,25-,26-,27-,38+,39+/m1/s1. The fraction of sp³-hybridized carbons (Fsp3) is 0.444. The second-order valence-electron chi connectivity index (χ2n) is 18.0. The van der Waals surface area contributed by atoms with Crippen molar-refractivity contribution >= 4 is 45.2 Å². The first-order valence-electron chi connectivity index (χ1n) is 19.9. The molecule has 2 saturated heterocycles. The van der Waals surface area contributed by atoms with E-state index in [0.29, 0.717) is 11.8 Å². The Morgan fingerprint density at radius 1 is 0.589 bits per heavy atom. The molecule has 0 bridgehead atoms. The molecule has 0 aliphatic carbocycles. The van der Waals surface area contributed by atoms with Crippen LogP contribution >= 0.6 is 0 Å². The summed E-state index contributed by atoms with van der Waals surface area (Å²) in [5, 5.41) is 1.04. The Bertz CT molecular complexity index is 2300. The van der Waals surface area contributed by atoms with Gasteiger partial charge in [0.05, 0.1) is 45.4 Å². The minimum atomic E-state index is -0.577. The number of hydrogen-bond donors (Lipinski definition) is 2. The van der Waals surface area contributed by atoms with Crippen LogP contribution in [0.4, 0.5) is 9.59 Å². The first-order chi connectivity index (χ1) is 26.4. The number of carbonyl (C=O) groups is 2. The summed E-state index contributed by atoms with van der Waals surface area (Å²) in [5.74, 6) is 2.18. The number of ether oxygens (including phenoxy) is 2. The van der Waals surface area contributed by atoms with Gasteiger partial charge in [-0.2, -0.15) is 0 Å². The Labute approximate surface area is 328 Å². The van der Waals surface area contributed by atoms with Crippen LogP contribution in [0.25, 0.3) is 55.4 Å². The highest BCUT2D eigenvalue weighted by Gasteiger charge is 2.44. The van der Waals surface area contributed by atoms with E-state index in [1.807, 2.05) is 63.5 Å². The fourth-order valence-corrected chi connectivity index (χ4v) is 8.32. The molecule has 56 heavy (non-hydrogen) atoms. The van der Waals surface area contributed by atoms with Gasteiger partial charge < -0.3 is 19.4 Å². The molecule has 2 N–H and O–H groups in total. The molecule has 3 aromatic carbocycles. The van der Waals surface area contributed by atoms with Crippen LogP contribution in [0.15, 0.2) is 66.7 Å². The molecule has 2 amide bonds. The average molecular weight is 756 g/mol. The van der Waals surface area contributed by atoms with E-state index in [9.17, 15) is 9.59 Å². The van der Waals surface area contributed by atoms with Crippen molar-refractivity contribution in [3.05, 3.63) is 78.4 Å². The van der Waals surface area contributed by atoms with Crippen molar-refractivity contribution in [3.8, 4) is 22.4 Å². The van der Waals surface area contributed by atoms with Crippen molar-refractivity contribution in [2.75, 3.05) is 0 Å². The van der Waals surface area contributed by atoms with Gasteiger partial charge >= 0.3 is 12.2 Å². The molecule has 2 aliphatic heterocycles. The van der Waals surface area contributed by atoms with E-state index < -0.39 is 11.2 Å². The zero-order valence-electron chi connectivity index (χ0n) is 34.1. The molecule has 292 valence electrons. The molecule has 0 unspecified atom stereocenters. The lowest BCUT2D eigenvalue weighted by Crippen LogP contribution is -2.41. The van der Waals surface area contributed by atoms with E-state index in [-0.39, 0.29) is 36.4 Å². The quantitative estimate of drug-likeness (QED) is 0.183. The number of nitrogens with one attached hydrogen (secondary N) is 2. The number of H-pyrrole nitrogens is 2. The van der Waals surface area contributed by atoms with Gasteiger partial charge in [-0.1, -0.05) is 38.1 Å². The lowest BCUT2D eigenvalue weighted by atomic mass is 10.0. The minimum absolute atomic E-state index is 0.0375. The zero-order valence-corrected chi connectivity index (χ0v) is 34.1. The molecule has 11 nitrogen and oxygen atoms in total. The van der Waals surface area contributed by atoms with E-state index >= 15 is 0 Å². The third-order valence-electron chi connectivity index (χ3n) is 11.5. The van der Waals surface area contributed by atoms with Gasteiger partial charge in [0.1, 0.15) is 22.9 Å². The molecule has 6 atom stereocenters. The maximum absolute atomic E-state index is 13.3. The molecule has 8 rings (SSSR count). The van der Waals surface area contributed by atoms with Crippen LogP contribution < -0.4 is 0 Å². The topological polar surface area (TPSA) is 129 Å². The summed E-state index contributed by atoms with van der Waals surface area (Å²) in [6, 6.07) is 22.6. The predicted molar refractivity (Wildman–Crippen MR) is 220 cm³/mol. The van der Waals surface area contributed by atoms with Gasteiger partial charge in [0.25, 0.3) is 0 Å². The maximum Gasteiger partial charge on any atom is 0.411 e. The van der Waals surface area contributed by atoms with E-state index in [1.165, 1.54) is 0 Å². The average Bonchev–Trinajstić information content (AvgIpc) is 3.89. The summed E-state index contributed by atoms with van der Waals surface area (Å²) in [6.45, 7) is 19.9. The molecule has 3 aromatic heterocycles. The van der Waals surface area contributed by atoms with E-state index in [1.54, 1.807) is 0 Å². The second-order valence-corrected chi connectivity index (χ2v) is 18.0. The molecule has 0 radical (unpaired) electrons. The van der Waals surface area contributed by atoms with Crippen LogP contribution in [0.5, 0.6) is 0 Å². The summed E-state index contributed by atoms with van der Waals surface area (Å²) in [4.78, 5) is 52.2. The van der Waals surface area contributed by atoms with Crippen molar-refractivity contribution in [2.24, 2.45) is 11.8 Å². The highest BCUT2D eigenvalue weighted by Crippen LogP contribution is 2.42. The van der Waals surface area contributed by atoms with Gasteiger partial charge in [-0.3, -0.25) is 9.80 Å². The molecular weight excluding hydrogens is 703 g/mol. The summed E-state index contributed by atoms with van der Waals surface area (Å²) < 4.78 is 11.6. The monoisotopic (exact) mass is 755 g/mol. The van der Waals surface area contributed by atoms with Crippen LogP contribution in [0.1, 0.15) is 106 Å². The molecule has 5 heterocycles. The third kappa shape index (κ3) is 7.08.